The quantitative estimate of drug-likeness (QED) is 0.869. The number of halogens is 1. The molecule has 4 nitrogen and oxygen atoms in total. The Morgan fingerprint density at radius 3 is 3.00 bits per heavy atom. The molecule has 0 saturated heterocycles. The molecule has 0 aromatic carbocycles. The Hall–Kier alpha value is -0.680. The van der Waals surface area contributed by atoms with E-state index < -0.39 is 0 Å². The number of nitrogens with zero attached hydrogens (tertiary/aromatic N) is 2. The number of hydrogen-bond acceptors (Lipinski definition) is 4. The van der Waals surface area contributed by atoms with Crippen LogP contribution in [-0.4, -0.2) is 27.4 Å². The summed E-state index contributed by atoms with van der Waals surface area (Å²) < 4.78 is 3.88. The van der Waals surface area contributed by atoms with Crippen molar-refractivity contribution < 1.29 is 4.79 Å². The molecule has 1 heterocycles. The zero-order valence-electron chi connectivity index (χ0n) is 11.4. The molecule has 6 heteroatoms. The Balaban J connectivity index is 1.88. The summed E-state index contributed by atoms with van der Waals surface area (Å²) in [6.07, 6.45) is 4.41. The normalized spacial score (nSPS) is 23.6. The van der Waals surface area contributed by atoms with Gasteiger partial charge in [0, 0.05) is 11.9 Å². The summed E-state index contributed by atoms with van der Waals surface area (Å²) in [7, 11) is 0. The standard InChI is InChI=1S/C13H20ClN3OS/c1-8(2)11-12(19-17-16-11)13(18)15-7-9-4-3-5-10(14)6-9/h8-10H,3-7H2,1-2H3,(H,15,18). The van der Waals surface area contributed by atoms with Crippen LogP contribution < -0.4 is 5.32 Å². The highest BCUT2D eigenvalue weighted by atomic mass is 35.5. The SMILES string of the molecule is CC(C)c1nnsc1C(=O)NCC1CCCC(Cl)C1. The third kappa shape index (κ3) is 3.89. The maximum atomic E-state index is 12.1. The van der Waals surface area contributed by atoms with Gasteiger partial charge in [-0.1, -0.05) is 24.8 Å². The van der Waals surface area contributed by atoms with E-state index in [9.17, 15) is 4.79 Å². The topological polar surface area (TPSA) is 54.9 Å². The molecule has 106 valence electrons. The smallest absolute Gasteiger partial charge is 0.264 e. The van der Waals surface area contributed by atoms with E-state index in [1.165, 1.54) is 11.5 Å². The molecule has 1 amide bonds. The summed E-state index contributed by atoms with van der Waals surface area (Å²) >= 11 is 7.34. The summed E-state index contributed by atoms with van der Waals surface area (Å²) in [4.78, 5) is 12.8. The van der Waals surface area contributed by atoms with Gasteiger partial charge >= 0.3 is 0 Å². The molecule has 1 aliphatic carbocycles. The number of alkyl halides is 1. The van der Waals surface area contributed by atoms with Crippen LogP contribution in [-0.2, 0) is 0 Å². The first-order valence-electron chi connectivity index (χ1n) is 6.82. The number of carbonyl (C=O) groups excluding carboxylic acids is 1. The average molecular weight is 302 g/mol. The van der Waals surface area contributed by atoms with E-state index in [0.717, 1.165) is 31.4 Å². The lowest BCUT2D eigenvalue weighted by Gasteiger charge is -2.25. The lowest BCUT2D eigenvalue weighted by molar-refractivity contribution is 0.0946. The van der Waals surface area contributed by atoms with Gasteiger partial charge in [-0.2, -0.15) is 0 Å². The Kier molecular flexibility index (Phi) is 5.16. The highest BCUT2D eigenvalue weighted by Gasteiger charge is 2.23. The molecule has 1 fully saturated rings. The number of nitrogens with one attached hydrogen (secondary N) is 1. The molecule has 19 heavy (non-hydrogen) atoms. The van der Waals surface area contributed by atoms with Crippen molar-refractivity contribution in [2.24, 2.45) is 5.92 Å². The molecule has 0 aliphatic heterocycles. The first kappa shape index (κ1) is 14.7. The number of carbonyl (C=O) groups is 1. The van der Waals surface area contributed by atoms with Gasteiger partial charge in [0.2, 0.25) is 0 Å². The summed E-state index contributed by atoms with van der Waals surface area (Å²) in [5.41, 5.74) is 0.793. The van der Waals surface area contributed by atoms with Crippen LogP contribution in [0, 0.1) is 5.92 Å². The van der Waals surface area contributed by atoms with Gasteiger partial charge in [-0.05, 0) is 42.6 Å². The number of hydrogen-bond donors (Lipinski definition) is 1. The molecule has 1 aromatic heterocycles. The highest BCUT2D eigenvalue weighted by Crippen LogP contribution is 2.27. The first-order valence-corrected chi connectivity index (χ1v) is 8.03. The number of aromatic nitrogens is 2. The molecule has 2 rings (SSSR count). The molecular weight excluding hydrogens is 282 g/mol. The Labute approximate surface area is 123 Å². The van der Waals surface area contributed by atoms with E-state index in [4.69, 9.17) is 11.6 Å². The second kappa shape index (κ2) is 6.66. The summed E-state index contributed by atoms with van der Waals surface area (Å²) in [6.45, 7) is 4.75. The van der Waals surface area contributed by atoms with Crippen molar-refractivity contribution in [1.29, 1.82) is 0 Å². The van der Waals surface area contributed by atoms with Crippen LogP contribution in [0.1, 0.15) is 60.8 Å². The van der Waals surface area contributed by atoms with Crippen LogP contribution in [0.25, 0.3) is 0 Å². The fourth-order valence-electron chi connectivity index (χ4n) is 2.46. The minimum Gasteiger partial charge on any atom is -0.351 e. The minimum atomic E-state index is -0.0459. The first-order chi connectivity index (χ1) is 9.08. The molecule has 0 bridgehead atoms. The number of rotatable bonds is 4. The zero-order valence-corrected chi connectivity index (χ0v) is 12.9. The highest BCUT2D eigenvalue weighted by molar-refractivity contribution is 7.08. The van der Waals surface area contributed by atoms with Crippen molar-refractivity contribution in [2.45, 2.75) is 50.8 Å². The van der Waals surface area contributed by atoms with E-state index in [2.05, 4.69) is 14.9 Å². The third-order valence-corrected chi connectivity index (χ3v) is 4.67. The van der Waals surface area contributed by atoms with E-state index in [1.807, 2.05) is 13.8 Å². The molecule has 2 atom stereocenters. The van der Waals surface area contributed by atoms with Crippen LogP contribution in [0.4, 0.5) is 0 Å². The Morgan fingerprint density at radius 2 is 2.32 bits per heavy atom. The monoisotopic (exact) mass is 301 g/mol. The average Bonchev–Trinajstić information content (AvgIpc) is 2.85. The lowest BCUT2D eigenvalue weighted by Crippen LogP contribution is -2.32. The van der Waals surface area contributed by atoms with Gasteiger partial charge < -0.3 is 5.32 Å². The van der Waals surface area contributed by atoms with E-state index in [1.54, 1.807) is 0 Å². The van der Waals surface area contributed by atoms with Gasteiger partial charge in [-0.3, -0.25) is 4.79 Å². The Morgan fingerprint density at radius 1 is 1.53 bits per heavy atom. The van der Waals surface area contributed by atoms with E-state index >= 15 is 0 Å². The maximum Gasteiger partial charge on any atom is 0.264 e. The molecule has 1 saturated carbocycles. The molecule has 2 unspecified atom stereocenters. The predicted octanol–water partition coefficient (Wildman–Crippen LogP) is 3.19. The van der Waals surface area contributed by atoms with Crippen molar-refractivity contribution >= 4 is 29.0 Å². The van der Waals surface area contributed by atoms with Crippen molar-refractivity contribution in [3.05, 3.63) is 10.6 Å². The van der Waals surface area contributed by atoms with Crippen molar-refractivity contribution in [2.75, 3.05) is 6.54 Å². The van der Waals surface area contributed by atoms with E-state index in [0.29, 0.717) is 17.3 Å². The lowest BCUT2D eigenvalue weighted by atomic mass is 9.89. The minimum absolute atomic E-state index is 0.0459. The molecule has 1 N–H and O–H groups in total. The second-order valence-corrected chi connectivity index (χ2v) is 6.85. The van der Waals surface area contributed by atoms with Crippen LogP contribution in [0.15, 0.2) is 0 Å². The van der Waals surface area contributed by atoms with Crippen molar-refractivity contribution in [1.82, 2.24) is 14.9 Å². The number of amides is 1. The largest absolute Gasteiger partial charge is 0.351 e. The molecule has 0 spiro atoms. The maximum absolute atomic E-state index is 12.1. The molecule has 1 aliphatic rings. The fourth-order valence-corrected chi connectivity index (χ4v) is 3.60. The van der Waals surface area contributed by atoms with Gasteiger partial charge in [0.05, 0.1) is 5.69 Å². The molecular formula is C13H20ClN3OS. The predicted molar refractivity (Wildman–Crippen MR) is 77.9 cm³/mol. The summed E-state index contributed by atoms with van der Waals surface area (Å²) in [5.74, 6) is 0.681. The second-order valence-electron chi connectivity index (χ2n) is 5.48. The van der Waals surface area contributed by atoms with Crippen LogP contribution >= 0.6 is 23.1 Å². The van der Waals surface area contributed by atoms with Crippen molar-refractivity contribution in [3.63, 3.8) is 0 Å². The molecule has 1 aromatic rings. The summed E-state index contributed by atoms with van der Waals surface area (Å²) in [6, 6.07) is 0. The van der Waals surface area contributed by atoms with Gasteiger partial charge in [0.15, 0.2) is 0 Å². The fraction of sp³-hybridized carbons (Fsp3) is 0.769. The van der Waals surface area contributed by atoms with Gasteiger partial charge in [-0.15, -0.1) is 16.7 Å². The van der Waals surface area contributed by atoms with Gasteiger partial charge in [0.25, 0.3) is 5.91 Å². The van der Waals surface area contributed by atoms with Crippen LogP contribution in [0.3, 0.4) is 0 Å². The van der Waals surface area contributed by atoms with Gasteiger partial charge in [0.1, 0.15) is 4.88 Å². The summed E-state index contributed by atoms with van der Waals surface area (Å²) in [5, 5.41) is 7.30. The molecule has 0 radical (unpaired) electrons. The zero-order chi connectivity index (χ0) is 13.8. The Bertz CT molecular complexity index is 435. The third-order valence-electron chi connectivity index (χ3n) is 3.54. The van der Waals surface area contributed by atoms with Crippen LogP contribution in [0.2, 0.25) is 0 Å². The van der Waals surface area contributed by atoms with Crippen molar-refractivity contribution in [3.8, 4) is 0 Å². The van der Waals surface area contributed by atoms with Crippen LogP contribution in [0.5, 0.6) is 0 Å². The van der Waals surface area contributed by atoms with E-state index in [-0.39, 0.29) is 17.2 Å². The van der Waals surface area contributed by atoms with Gasteiger partial charge in [-0.25, -0.2) is 0 Å².